The molecule has 0 radical (unpaired) electrons. The van der Waals surface area contributed by atoms with Crippen LogP contribution in [0.4, 0.5) is 10.5 Å². The second kappa shape index (κ2) is 10.6. The number of hydrogen-bond acceptors (Lipinski definition) is 12. The number of hydrogen-bond donors (Lipinski definition) is 1. The van der Waals surface area contributed by atoms with Crippen LogP contribution in [0.25, 0.3) is 0 Å². The van der Waals surface area contributed by atoms with Crippen molar-refractivity contribution in [2.24, 2.45) is 0 Å². The van der Waals surface area contributed by atoms with Gasteiger partial charge < -0.3 is 19.3 Å². The third kappa shape index (κ3) is 5.55. The maximum absolute atomic E-state index is 12.0. The lowest BCUT2D eigenvalue weighted by atomic mass is 10.1. The Morgan fingerprint density at radius 2 is 1.97 bits per heavy atom. The number of aromatic nitrogens is 3. The van der Waals surface area contributed by atoms with Crippen LogP contribution in [0.1, 0.15) is 37.1 Å². The lowest BCUT2D eigenvalue weighted by molar-refractivity contribution is -0.386. The number of nitro benzene ring substituents is 1. The molecule has 15 nitrogen and oxygen atoms in total. The van der Waals surface area contributed by atoms with Crippen molar-refractivity contribution in [1.82, 2.24) is 20.1 Å². The Bertz CT molecular complexity index is 1090. The molecule has 34 heavy (non-hydrogen) atoms. The van der Waals surface area contributed by atoms with Crippen LogP contribution in [-0.4, -0.2) is 61.8 Å². The van der Waals surface area contributed by atoms with E-state index in [-0.39, 0.29) is 49.7 Å². The second-order valence-corrected chi connectivity index (χ2v) is 6.99. The van der Waals surface area contributed by atoms with Gasteiger partial charge >= 0.3 is 6.16 Å². The smallest absolute Gasteiger partial charge is 0.493 e. The minimum absolute atomic E-state index is 0.0256. The Labute approximate surface area is 191 Å². The molecule has 2 heterocycles. The number of aliphatic hydroxyl groups is 1. The first-order valence-corrected chi connectivity index (χ1v) is 9.96. The maximum Gasteiger partial charge on any atom is 0.534 e. The van der Waals surface area contributed by atoms with Gasteiger partial charge in [-0.3, -0.25) is 24.5 Å². The molecule has 15 heteroatoms. The number of hydroxylamine groups is 2. The number of benzene rings is 1. The van der Waals surface area contributed by atoms with E-state index in [4.69, 9.17) is 19.3 Å². The van der Waals surface area contributed by atoms with Gasteiger partial charge in [0.2, 0.25) is 0 Å². The summed E-state index contributed by atoms with van der Waals surface area (Å²) in [4.78, 5) is 50.8. The van der Waals surface area contributed by atoms with Crippen molar-refractivity contribution in [2.45, 2.75) is 39.0 Å². The van der Waals surface area contributed by atoms with Crippen molar-refractivity contribution < 1.29 is 43.5 Å². The summed E-state index contributed by atoms with van der Waals surface area (Å²) in [6, 6.07) is 2.37. The molecule has 0 spiro atoms. The highest BCUT2D eigenvalue weighted by atomic mass is 16.8. The lowest BCUT2D eigenvalue weighted by Gasteiger charge is -2.18. The van der Waals surface area contributed by atoms with E-state index >= 15 is 0 Å². The molecular weight excluding hydrogens is 458 g/mol. The number of carbonyl (C=O) groups excluding carboxylic acids is 3. The highest BCUT2D eigenvalue weighted by molar-refractivity contribution is 6.01. The van der Waals surface area contributed by atoms with Gasteiger partial charge in [-0.2, -0.15) is 0 Å². The molecule has 1 atom stereocenters. The third-order valence-electron chi connectivity index (χ3n) is 4.68. The molecule has 1 aliphatic rings. The van der Waals surface area contributed by atoms with Gasteiger partial charge in [0.15, 0.2) is 11.5 Å². The van der Waals surface area contributed by atoms with E-state index in [1.165, 1.54) is 24.8 Å². The molecule has 182 valence electrons. The predicted octanol–water partition coefficient (Wildman–Crippen LogP) is 1.04. The zero-order valence-corrected chi connectivity index (χ0v) is 18.2. The Morgan fingerprint density at radius 3 is 2.59 bits per heavy atom. The van der Waals surface area contributed by atoms with Crippen LogP contribution < -0.4 is 9.47 Å². The van der Waals surface area contributed by atoms with Crippen molar-refractivity contribution in [3.8, 4) is 11.5 Å². The fraction of sp³-hybridized carbons (Fsp3) is 0.421. The molecule has 0 bridgehead atoms. The molecule has 1 fully saturated rings. The summed E-state index contributed by atoms with van der Waals surface area (Å²) in [6.45, 7) is 1.38. The fourth-order valence-electron chi connectivity index (χ4n) is 3.05. The van der Waals surface area contributed by atoms with Gasteiger partial charge in [-0.05, 0) is 13.0 Å². The molecule has 1 aromatic carbocycles. The van der Waals surface area contributed by atoms with Crippen LogP contribution in [-0.2, 0) is 32.3 Å². The highest BCUT2D eigenvalue weighted by Gasteiger charge is 2.34. The second-order valence-electron chi connectivity index (χ2n) is 6.99. The monoisotopic (exact) mass is 479 g/mol. The molecule has 1 aromatic heterocycles. The number of nitro groups is 1. The highest BCUT2D eigenvalue weighted by Crippen LogP contribution is 2.39. The van der Waals surface area contributed by atoms with Crippen molar-refractivity contribution in [1.29, 1.82) is 0 Å². The van der Waals surface area contributed by atoms with Gasteiger partial charge in [0.1, 0.15) is 18.4 Å². The van der Waals surface area contributed by atoms with E-state index in [9.17, 15) is 24.5 Å². The summed E-state index contributed by atoms with van der Waals surface area (Å²) in [5, 5.41) is 28.6. The van der Waals surface area contributed by atoms with Gasteiger partial charge in [-0.1, -0.05) is 10.3 Å². The molecule has 1 saturated heterocycles. The van der Waals surface area contributed by atoms with Crippen LogP contribution in [0.5, 0.6) is 11.5 Å². The molecule has 1 unspecified atom stereocenters. The summed E-state index contributed by atoms with van der Waals surface area (Å²) in [6.07, 6.45) is -1.23. The number of ether oxygens (including phenoxy) is 3. The molecule has 1 N–H and O–H groups in total. The average Bonchev–Trinajstić information content (AvgIpc) is 3.38. The normalized spacial score (nSPS) is 14.1. The molecule has 0 saturated carbocycles. The van der Waals surface area contributed by atoms with Crippen molar-refractivity contribution >= 4 is 23.7 Å². The summed E-state index contributed by atoms with van der Waals surface area (Å²) < 4.78 is 17.3. The number of imide groups is 1. The minimum Gasteiger partial charge on any atom is -0.493 e. The van der Waals surface area contributed by atoms with Gasteiger partial charge in [-0.15, -0.1) is 5.10 Å². The number of aliphatic hydroxyl groups excluding tert-OH is 1. The van der Waals surface area contributed by atoms with Crippen molar-refractivity contribution in [3.05, 3.63) is 39.7 Å². The predicted molar refractivity (Wildman–Crippen MR) is 108 cm³/mol. The van der Waals surface area contributed by atoms with E-state index in [0.29, 0.717) is 10.8 Å². The van der Waals surface area contributed by atoms with Gasteiger partial charge in [0.05, 0.1) is 43.0 Å². The van der Waals surface area contributed by atoms with E-state index < -0.39 is 34.7 Å². The van der Waals surface area contributed by atoms with Crippen LogP contribution in [0.2, 0.25) is 0 Å². The fourth-order valence-corrected chi connectivity index (χ4v) is 3.05. The van der Waals surface area contributed by atoms with Gasteiger partial charge in [0, 0.05) is 12.8 Å². The SMILES string of the molecule is COc1cc(C(C)OC(=O)ON2C(=O)CCC2=O)c([N+](=O)[O-])cc1OCc1cn(CCO)nn1. The molecular formula is C19H21N5O10. The minimum atomic E-state index is -1.38. The largest absolute Gasteiger partial charge is 0.534 e. The summed E-state index contributed by atoms with van der Waals surface area (Å²) in [5.74, 6) is -1.25. The van der Waals surface area contributed by atoms with Crippen LogP contribution in [0.15, 0.2) is 18.3 Å². The standard InChI is InChI=1S/C19H21N5O10/c1-11(33-19(28)34-23-17(26)3-4-18(23)27)13-7-15(31-2)16(8-14(13)24(29)30)32-10-12-9-22(5-6-25)21-20-12/h7-9,11,25H,3-6,10H2,1-2H3. The van der Waals surface area contributed by atoms with E-state index in [1.54, 1.807) is 6.20 Å². The molecule has 2 amide bonds. The number of methoxy groups -OCH3 is 1. The quantitative estimate of drug-likeness (QED) is 0.221. The van der Waals surface area contributed by atoms with Crippen LogP contribution in [0.3, 0.4) is 0 Å². The van der Waals surface area contributed by atoms with E-state index in [2.05, 4.69) is 15.1 Å². The molecule has 3 rings (SSSR count). The lowest BCUT2D eigenvalue weighted by Crippen LogP contribution is -2.32. The first-order chi connectivity index (χ1) is 16.2. The topological polar surface area (TPSA) is 185 Å². The van der Waals surface area contributed by atoms with E-state index in [1.807, 2.05) is 0 Å². The first-order valence-electron chi connectivity index (χ1n) is 9.96. The molecule has 2 aromatic rings. The number of nitrogens with zero attached hydrogens (tertiary/aromatic N) is 5. The summed E-state index contributed by atoms with van der Waals surface area (Å²) in [7, 11) is 1.32. The number of carbonyl (C=O) groups is 3. The van der Waals surface area contributed by atoms with Crippen LogP contribution >= 0.6 is 0 Å². The number of rotatable bonds is 10. The van der Waals surface area contributed by atoms with Crippen molar-refractivity contribution in [2.75, 3.05) is 13.7 Å². The van der Waals surface area contributed by atoms with Gasteiger partial charge in [0.25, 0.3) is 17.5 Å². The molecule has 1 aliphatic heterocycles. The third-order valence-corrected chi connectivity index (χ3v) is 4.68. The zero-order chi connectivity index (χ0) is 24.8. The Kier molecular flexibility index (Phi) is 7.57. The number of amides is 2. The Hall–Kier alpha value is -4.27. The Morgan fingerprint density at radius 1 is 1.26 bits per heavy atom. The molecule has 0 aliphatic carbocycles. The van der Waals surface area contributed by atoms with E-state index in [0.717, 1.165) is 6.07 Å². The Balaban J connectivity index is 1.76. The zero-order valence-electron chi connectivity index (χ0n) is 18.2. The summed E-state index contributed by atoms with van der Waals surface area (Å²) in [5.41, 5.74) is -0.0693. The average molecular weight is 479 g/mol. The summed E-state index contributed by atoms with van der Waals surface area (Å²) >= 11 is 0. The van der Waals surface area contributed by atoms with Crippen LogP contribution in [0, 0.1) is 10.1 Å². The van der Waals surface area contributed by atoms with Crippen molar-refractivity contribution in [3.63, 3.8) is 0 Å². The van der Waals surface area contributed by atoms with Gasteiger partial charge in [-0.25, -0.2) is 9.48 Å². The maximum atomic E-state index is 12.0. The first kappa shape index (κ1) is 24.4.